The van der Waals surface area contributed by atoms with Crippen LogP contribution in [0.15, 0.2) is 48.5 Å². The van der Waals surface area contributed by atoms with E-state index in [9.17, 15) is 35.9 Å². The van der Waals surface area contributed by atoms with Crippen molar-refractivity contribution in [1.29, 1.82) is 0 Å². The zero-order chi connectivity index (χ0) is 23.4. The van der Waals surface area contributed by atoms with Crippen LogP contribution in [0.1, 0.15) is 40.4 Å². The van der Waals surface area contributed by atoms with E-state index in [0.29, 0.717) is 12.1 Å². The molecule has 0 aliphatic carbocycles. The molecule has 0 saturated carbocycles. The summed E-state index contributed by atoms with van der Waals surface area (Å²) in [5.41, 5.74) is 2.04. The molecule has 31 heavy (non-hydrogen) atoms. The Morgan fingerprint density at radius 3 is 1.87 bits per heavy atom. The molecule has 0 heterocycles. The standard InChI is InChI=1S/C21H20F6N2O2/c1-2-29(17(12-18(28)30)8-13-6-4-3-5-7-13)19(31)14-9-15(20(22,23)24)11-16(10-14)21(25,26)27/h3-7,9-11,17H,2,8,12H2,1H3,(H2,28,30). The van der Waals surface area contributed by atoms with E-state index in [1.54, 1.807) is 30.3 Å². The van der Waals surface area contributed by atoms with Gasteiger partial charge in [-0.05, 0) is 37.1 Å². The molecule has 0 aromatic heterocycles. The minimum absolute atomic E-state index is 0.0437. The molecule has 0 aliphatic rings. The van der Waals surface area contributed by atoms with Gasteiger partial charge in [0.15, 0.2) is 0 Å². The smallest absolute Gasteiger partial charge is 0.370 e. The van der Waals surface area contributed by atoms with Gasteiger partial charge in [-0.15, -0.1) is 0 Å². The van der Waals surface area contributed by atoms with Crippen molar-refractivity contribution in [2.24, 2.45) is 5.73 Å². The maximum absolute atomic E-state index is 13.1. The number of rotatable bonds is 7. The van der Waals surface area contributed by atoms with Crippen molar-refractivity contribution in [3.63, 3.8) is 0 Å². The van der Waals surface area contributed by atoms with E-state index >= 15 is 0 Å². The molecule has 2 rings (SSSR count). The predicted octanol–water partition coefficient (Wildman–Crippen LogP) is 4.67. The first-order valence-corrected chi connectivity index (χ1v) is 9.25. The topological polar surface area (TPSA) is 63.4 Å². The lowest BCUT2D eigenvalue weighted by Gasteiger charge is -2.31. The second-order valence-electron chi connectivity index (χ2n) is 6.90. The first-order chi connectivity index (χ1) is 14.3. The molecule has 0 bridgehead atoms. The quantitative estimate of drug-likeness (QED) is 0.629. The Morgan fingerprint density at radius 1 is 0.935 bits per heavy atom. The van der Waals surface area contributed by atoms with Crippen molar-refractivity contribution in [3.8, 4) is 0 Å². The third-order valence-corrected chi connectivity index (χ3v) is 4.63. The Balaban J connectivity index is 2.49. The fourth-order valence-corrected chi connectivity index (χ4v) is 3.22. The Morgan fingerprint density at radius 2 is 1.45 bits per heavy atom. The Kier molecular flexibility index (Phi) is 7.35. The zero-order valence-corrected chi connectivity index (χ0v) is 16.4. The van der Waals surface area contributed by atoms with Gasteiger partial charge in [0.2, 0.25) is 5.91 Å². The third kappa shape index (κ3) is 6.47. The third-order valence-electron chi connectivity index (χ3n) is 4.63. The Labute approximate surface area is 174 Å². The molecule has 0 radical (unpaired) electrons. The summed E-state index contributed by atoms with van der Waals surface area (Å²) in [4.78, 5) is 25.6. The number of carbonyl (C=O) groups excluding carboxylic acids is 2. The molecular formula is C21H20F6N2O2. The predicted molar refractivity (Wildman–Crippen MR) is 101 cm³/mol. The van der Waals surface area contributed by atoms with Crippen molar-refractivity contribution >= 4 is 11.8 Å². The van der Waals surface area contributed by atoms with Crippen LogP contribution in [0.4, 0.5) is 26.3 Å². The van der Waals surface area contributed by atoms with Gasteiger partial charge in [-0.1, -0.05) is 30.3 Å². The highest BCUT2D eigenvalue weighted by Gasteiger charge is 2.38. The fraction of sp³-hybridized carbons (Fsp3) is 0.333. The molecule has 0 aliphatic heterocycles. The molecular weight excluding hydrogens is 426 g/mol. The number of hydrogen-bond donors (Lipinski definition) is 1. The van der Waals surface area contributed by atoms with E-state index in [1.807, 2.05) is 0 Å². The van der Waals surface area contributed by atoms with Gasteiger partial charge >= 0.3 is 12.4 Å². The second kappa shape index (κ2) is 9.40. The average molecular weight is 446 g/mol. The van der Waals surface area contributed by atoms with Crippen molar-refractivity contribution in [2.45, 2.75) is 38.2 Å². The number of hydrogen-bond acceptors (Lipinski definition) is 2. The highest BCUT2D eigenvalue weighted by atomic mass is 19.4. The summed E-state index contributed by atoms with van der Waals surface area (Å²) in [6, 6.07) is 8.49. The molecule has 0 fully saturated rings. The molecule has 1 unspecified atom stereocenters. The van der Waals surface area contributed by atoms with E-state index in [4.69, 9.17) is 5.73 Å². The first-order valence-electron chi connectivity index (χ1n) is 9.25. The molecule has 2 N–H and O–H groups in total. The van der Waals surface area contributed by atoms with Gasteiger partial charge in [-0.2, -0.15) is 26.3 Å². The number of primary amides is 1. The monoisotopic (exact) mass is 446 g/mol. The van der Waals surface area contributed by atoms with E-state index in [-0.39, 0.29) is 25.5 Å². The molecule has 2 amide bonds. The number of carbonyl (C=O) groups is 2. The van der Waals surface area contributed by atoms with Gasteiger partial charge in [0.1, 0.15) is 0 Å². The van der Waals surface area contributed by atoms with Crippen molar-refractivity contribution in [1.82, 2.24) is 4.90 Å². The summed E-state index contributed by atoms with van der Waals surface area (Å²) < 4.78 is 78.9. The van der Waals surface area contributed by atoms with Gasteiger partial charge < -0.3 is 10.6 Å². The van der Waals surface area contributed by atoms with Gasteiger partial charge in [-0.3, -0.25) is 9.59 Å². The first kappa shape index (κ1) is 24.2. The molecule has 2 aromatic rings. The lowest BCUT2D eigenvalue weighted by molar-refractivity contribution is -0.143. The number of nitrogens with zero attached hydrogens (tertiary/aromatic N) is 1. The Bertz CT molecular complexity index is 893. The summed E-state index contributed by atoms with van der Waals surface area (Å²) in [5, 5.41) is 0. The maximum Gasteiger partial charge on any atom is 0.416 e. The van der Waals surface area contributed by atoms with Crippen LogP contribution in [0.3, 0.4) is 0 Å². The molecule has 2 aromatic carbocycles. The van der Waals surface area contributed by atoms with Crippen LogP contribution in [0, 0.1) is 0 Å². The van der Waals surface area contributed by atoms with E-state index < -0.39 is 46.9 Å². The van der Waals surface area contributed by atoms with Crippen LogP contribution in [0.25, 0.3) is 0 Å². The SMILES string of the molecule is CCN(C(=O)c1cc(C(F)(F)F)cc(C(F)(F)F)c1)C(CC(N)=O)Cc1ccccc1. The maximum atomic E-state index is 13.1. The normalized spacial score (nSPS) is 13.0. The van der Waals surface area contributed by atoms with Crippen molar-refractivity contribution < 1.29 is 35.9 Å². The van der Waals surface area contributed by atoms with Crippen LogP contribution in [-0.4, -0.2) is 29.3 Å². The number of nitrogens with two attached hydrogens (primary N) is 1. The van der Waals surface area contributed by atoms with Crippen LogP contribution in [-0.2, 0) is 23.6 Å². The van der Waals surface area contributed by atoms with Crippen LogP contribution >= 0.6 is 0 Å². The number of likely N-dealkylation sites (N-methyl/N-ethyl adjacent to an activating group) is 1. The minimum Gasteiger partial charge on any atom is -0.370 e. The summed E-state index contributed by atoms with van der Waals surface area (Å²) in [5.74, 6) is -1.81. The number of halogens is 6. The molecule has 1 atom stereocenters. The zero-order valence-electron chi connectivity index (χ0n) is 16.4. The van der Waals surface area contributed by atoms with E-state index in [2.05, 4.69) is 0 Å². The van der Waals surface area contributed by atoms with Crippen molar-refractivity contribution in [2.75, 3.05) is 6.54 Å². The molecule has 0 saturated heterocycles. The second-order valence-corrected chi connectivity index (χ2v) is 6.90. The average Bonchev–Trinajstić information content (AvgIpc) is 2.67. The number of amides is 2. The summed E-state index contributed by atoms with van der Waals surface area (Å²) >= 11 is 0. The summed E-state index contributed by atoms with van der Waals surface area (Å²) in [7, 11) is 0. The molecule has 0 spiro atoms. The van der Waals surface area contributed by atoms with Crippen molar-refractivity contribution in [3.05, 3.63) is 70.8 Å². The summed E-state index contributed by atoms with van der Waals surface area (Å²) in [6.07, 6.45) is -10.3. The van der Waals surface area contributed by atoms with Crippen LogP contribution in [0.5, 0.6) is 0 Å². The van der Waals surface area contributed by atoms with Gasteiger partial charge in [0.05, 0.1) is 11.1 Å². The Hall–Kier alpha value is -3.04. The van der Waals surface area contributed by atoms with Crippen LogP contribution < -0.4 is 5.73 Å². The largest absolute Gasteiger partial charge is 0.416 e. The number of alkyl halides is 6. The molecule has 10 heteroatoms. The molecule has 168 valence electrons. The highest BCUT2D eigenvalue weighted by Crippen LogP contribution is 2.36. The summed E-state index contributed by atoms with van der Waals surface area (Å²) in [6.45, 7) is 1.45. The minimum atomic E-state index is -5.08. The lowest BCUT2D eigenvalue weighted by atomic mass is 9.99. The van der Waals surface area contributed by atoms with Gasteiger partial charge in [0.25, 0.3) is 5.91 Å². The van der Waals surface area contributed by atoms with Gasteiger partial charge in [0, 0.05) is 24.6 Å². The van der Waals surface area contributed by atoms with E-state index in [0.717, 1.165) is 10.5 Å². The van der Waals surface area contributed by atoms with E-state index in [1.165, 1.54) is 6.92 Å². The molecule has 4 nitrogen and oxygen atoms in total. The van der Waals surface area contributed by atoms with Gasteiger partial charge in [-0.25, -0.2) is 0 Å². The number of benzene rings is 2. The van der Waals surface area contributed by atoms with Crippen LogP contribution in [0.2, 0.25) is 0 Å². The fourth-order valence-electron chi connectivity index (χ4n) is 3.22. The highest BCUT2D eigenvalue weighted by molar-refractivity contribution is 5.95. The lowest BCUT2D eigenvalue weighted by Crippen LogP contribution is -2.43.